The highest BCUT2D eigenvalue weighted by atomic mass is 16.5. The van der Waals surface area contributed by atoms with Crippen LogP contribution in [0.1, 0.15) is 31.9 Å². The molecule has 0 unspecified atom stereocenters. The number of aryl methyl sites for hydroxylation is 1. The van der Waals surface area contributed by atoms with Gasteiger partial charge in [-0.3, -0.25) is 4.99 Å². The molecule has 0 N–H and O–H groups in total. The molecular weight excluding hydrogens is 198 g/mol. The van der Waals surface area contributed by atoms with Crippen LogP contribution < -0.4 is 4.74 Å². The standard InChI is InChI=1S/C14H19NO/c1-6-11-8-13(15-7-2)12(10(3)4)9-14(11)16-5/h7-9H,3,6H2,1-2,4-5H3. The number of allylic oxidation sites excluding steroid dienone is 1. The Labute approximate surface area is 97.7 Å². The van der Waals surface area contributed by atoms with Gasteiger partial charge in [0.25, 0.3) is 0 Å². The van der Waals surface area contributed by atoms with Crippen molar-refractivity contribution in [2.45, 2.75) is 27.2 Å². The van der Waals surface area contributed by atoms with Gasteiger partial charge in [0.15, 0.2) is 0 Å². The van der Waals surface area contributed by atoms with E-state index in [9.17, 15) is 0 Å². The average molecular weight is 217 g/mol. The molecule has 0 spiro atoms. The number of benzene rings is 1. The van der Waals surface area contributed by atoms with Gasteiger partial charge in [0, 0.05) is 11.8 Å². The van der Waals surface area contributed by atoms with Gasteiger partial charge < -0.3 is 4.74 Å². The van der Waals surface area contributed by atoms with Gasteiger partial charge in [-0.15, -0.1) is 0 Å². The van der Waals surface area contributed by atoms with E-state index in [1.54, 1.807) is 13.3 Å². The maximum Gasteiger partial charge on any atom is 0.122 e. The smallest absolute Gasteiger partial charge is 0.122 e. The first-order chi connectivity index (χ1) is 7.63. The summed E-state index contributed by atoms with van der Waals surface area (Å²) in [6.07, 6.45) is 2.74. The molecular formula is C14H19NO. The van der Waals surface area contributed by atoms with Gasteiger partial charge in [-0.1, -0.05) is 13.5 Å². The summed E-state index contributed by atoms with van der Waals surface area (Å²) >= 11 is 0. The Kier molecular flexibility index (Phi) is 4.29. The highest BCUT2D eigenvalue weighted by Crippen LogP contribution is 2.33. The number of rotatable bonds is 4. The summed E-state index contributed by atoms with van der Waals surface area (Å²) in [6, 6.07) is 4.09. The van der Waals surface area contributed by atoms with Crippen LogP contribution in [0.4, 0.5) is 5.69 Å². The first-order valence-electron chi connectivity index (χ1n) is 5.49. The summed E-state index contributed by atoms with van der Waals surface area (Å²) in [5, 5.41) is 0. The Balaban J connectivity index is 3.41. The predicted octanol–water partition coefficient (Wildman–Crippen LogP) is 4.01. The van der Waals surface area contributed by atoms with E-state index in [1.165, 1.54) is 5.56 Å². The molecule has 1 aromatic carbocycles. The molecule has 1 aromatic rings. The molecule has 0 heterocycles. The zero-order valence-electron chi connectivity index (χ0n) is 10.5. The summed E-state index contributed by atoms with van der Waals surface area (Å²) < 4.78 is 5.37. The lowest BCUT2D eigenvalue weighted by molar-refractivity contribution is 0.410. The van der Waals surface area contributed by atoms with E-state index in [1.807, 2.05) is 19.9 Å². The summed E-state index contributed by atoms with van der Waals surface area (Å²) in [5.41, 5.74) is 4.19. The van der Waals surface area contributed by atoms with Crippen LogP contribution in [-0.2, 0) is 6.42 Å². The van der Waals surface area contributed by atoms with Gasteiger partial charge in [-0.25, -0.2) is 0 Å². The fourth-order valence-electron chi connectivity index (χ4n) is 1.67. The molecule has 0 atom stereocenters. The highest BCUT2D eigenvalue weighted by molar-refractivity contribution is 5.77. The molecule has 0 saturated carbocycles. The van der Waals surface area contributed by atoms with Crippen molar-refractivity contribution in [2.24, 2.45) is 4.99 Å². The van der Waals surface area contributed by atoms with Crippen molar-refractivity contribution in [3.63, 3.8) is 0 Å². The quantitative estimate of drug-likeness (QED) is 0.698. The van der Waals surface area contributed by atoms with Crippen LogP contribution in [-0.4, -0.2) is 13.3 Å². The van der Waals surface area contributed by atoms with Crippen LogP contribution in [0.15, 0.2) is 23.7 Å². The highest BCUT2D eigenvalue weighted by Gasteiger charge is 2.09. The lowest BCUT2D eigenvalue weighted by atomic mass is 10.0. The van der Waals surface area contributed by atoms with Crippen molar-refractivity contribution < 1.29 is 4.74 Å². The van der Waals surface area contributed by atoms with Crippen LogP contribution in [0.5, 0.6) is 5.75 Å². The number of hydrogen-bond acceptors (Lipinski definition) is 2. The van der Waals surface area contributed by atoms with Crippen molar-refractivity contribution in [3.8, 4) is 5.75 Å². The van der Waals surface area contributed by atoms with Crippen LogP contribution >= 0.6 is 0 Å². The Bertz CT molecular complexity index is 419. The largest absolute Gasteiger partial charge is 0.496 e. The van der Waals surface area contributed by atoms with Gasteiger partial charge in [0.2, 0.25) is 0 Å². The fraction of sp³-hybridized carbons (Fsp3) is 0.357. The number of nitrogens with zero attached hydrogens (tertiary/aromatic N) is 1. The number of ether oxygens (including phenoxy) is 1. The first-order valence-corrected chi connectivity index (χ1v) is 5.49. The van der Waals surface area contributed by atoms with Crippen molar-refractivity contribution in [1.82, 2.24) is 0 Å². The normalized spacial score (nSPS) is 10.8. The third-order valence-electron chi connectivity index (χ3n) is 2.51. The van der Waals surface area contributed by atoms with Crippen molar-refractivity contribution in [1.29, 1.82) is 0 Å². The van der Waals surface area contributed by atoms with E-state index in [-0.39, 0.29) is 0 Å². The van der Waals surface area contributed by atoms with E-state index in [4.69, 9.17) is 4.74 Å². The zero-order chi connectivity index (χ0) is 12.1. The summed E-state index contributed by atoms with van der Waals surface area (Å²) in [6.45, 7) is 9.97. The third-order valence-corrected chi connectivity index (χ3v) is 2.51. The van der Waals surface area contributed by atoms with Crippen molar-refractivity contribution >= 4 is 17.5 Å². The first kappa shape index (κ1) is 12.5. The van der Waals surface area contributed by atoms with Gasteiger partial charge in [0.05, 0.1) is 12.8 Å². The third kappa shape index (κ3) is 2.51. The Morgan fingerprint density at radius 1 is 1.50 bits per heavy atom. The molecule has 86 valence electrons. The zero-order valence-corrected chi connectivity index (χ0v) is 10.5. The molecule has 0 saturated heterocycles. The van der Waals surface area contributed by atoms with Gasteiger partial charge in [0.1, 0.15) is 5.75 Å². The second-order valence-corrected chi connectivity index (χ2v) is 3.70. The summed E-state index contributed by atoms with van der Waals surface area (Å²) in [7, 11) is 1.69. The monoisotopic (exact) mass is 217 g/mol. The summed E-state index contributed by atoms with van der Waals surface area (Å²) in [5.74, 6) is 0.913. The van der Waals surface area contributed by atoms with Gasteiger partial charge in [-0.2, -0.15) is 0 Å². The van der Waals surface area contributed by atoms with Gasteiger partial charge in [-0.05, 0) is 43.5 Å². The van der Waals surface area contributed by atoms with Crippen LogP contribution in [0.25, 0.3) is 5.57 Å². The van der Waals surface area contributed by atoms with Crippen molar-refractivity contribution in [3.05, 3.63) is 29.8 Å². The lowest BCUT2D eigenvalue weighted by Gasteiger charge is -2.12. The number of aliphatic imine (C=N–C) groups is 1. The topological polar surface area (TPSA) is 21.6 Å². The van der Waals surface area contributed by atoms with E-state index >= 15 is 0 Å². The maximum absolute atomic E-state index is 5.37. The molecule has 0 aliphatic carbocycles. The minimum Gasteiger partial charge on any atom is -0.496 e. The number of hydrogen-bond donors (Lipinski definition) is 0. The SMILES string of the molecule is C=C(C)c1cc(OC)c(CC)cc1N=CC. The molecule has 0 aliphatic rings. The second kappa shape index (κ2) is 5.50. The van der Waals surface area contributed by atoms with Crippen molar-refractivity contribution in [2.75, 3.05) is 7.11 Å². The molecule has 1 rings (SSSR count). The lowest BCUT2D eigenvalue weighted by Crippen LogP contribution is -1.93. The molecule has 0 radical (unpaired) electrons. The van der Waals surface area contributed by atoms with E-state index in [0.29, 0.717) is 0 Å². The predicted molar refractivity (Wildman–Crippen MR) is 70.9 cm³/mol. The number of methoxy groups -OCH3 is 1. The van der Waals surface area contributed by atoms with E-state index in [0.717, 1.165) is 29.0 Å². The molecule has 0 bridgehead atoms. The van der Waals surface area contributed by atoms with Crippen LogP contribution in [0.2, 0.25) is 0 Å². The van der Waals surface area contributed by atoms with E-state index in [2.05, 4.69) is 24.6 Å². The van der Waals surface area contributed by atoms with Crippen LogP contribution in [0.3, 0.4) is 0 Å². The van der Waals surface area contributed by atoms with E-state index < -0.39 is 0 Å². The Morgan fingerprint density at radius 3 is 2.62 bits per heavy atom. The molecule has 2 nitrogen and oxygen atoms in total. The maximum atomic E-state index is 5.37. The van der Waals surface area contributed by atoms with Gasteiger partial charge >= 0.3 is 0 Å². The summed E-state index contributed by atoms with van der Waals surface area (Å²) in [4.78, 5) is 4.37. The molecule has 2 heteroatoms. The fourth-order valence-corrected chi connectivity index (χ4v) is 1.67. The second-order valence-electron chi connectivity index (χ2n) is 3.70. The van der Waals surface area contributed by atoms with Crippen LogP contribution in [0, 0.1) is 0 Å². The average Bonchev–Trinajstić information content (AvgIpc) is 2.28. The minimum absolute atomic E-state index is 0.913. The Hall–Kier alpha value is -1.57. The molecule has 0 aromatic heterocycles. The molecule has 0 fully saturated rings. The molecule has 0 amide bonds. The molecule has 0 aliphatic heterocycles. The minimum atomic E-state index is 0.913. The molecule has 16 heavy (non-hydrogen) atoms. The Morgan fingerprint density at radius 2 is 2.19 bits per heavy atom.